The Hall–Kier alpha value is -0.860. The van der Waals surface area contributed by atoms with Crippen LogP contribution in [0.25, 0.3) is 0 Å². The van der Waals surface area contributed by atoms with Crippen molar-refractivity contribution < 1.29 is 0 Å². The Kier molecular flexibility index (Phi) is 4.08. The molecule has 0 aliphatic heterocycles. The maximum atomic E-state index is 5.96. The smallest absolute Gasteiger partial charge is 0.0449 e. The van der Waals surface area contributed by atoms with E-state index < -0.39 is 0 Å². The summed E-state index contributed by atoms with van der Waals surface area (Å²) in [6.45, 7) is 10.6. The molecule has 1 aliphatic carbocycles. The molecule has 3 N–H and O–H groups in total. The summed E-state index contributed by atoms with van der Waals surface area (Å²) in [4.78, 5) is 0. The lowest BCUT2D eigenvalue weighted by Crippen LogP contribution is -2.31. The van der Waals surface area contributed by atoms with Gasteiger partial charge in [-0.2, -0.15) is 0 Å². The molecule has 1 saturated carbocycles. The van der Waals surface area contributed by atoms with Gasteiger partial charge in [-0.15, -0.1) is 0 Å². The van der Waals surface area contributed by atoms with E-state index in [4.69, 9.17) is 5.73 Å². The number of aryl methyl sites for hydroxylation is 3. The molecular weight excluding hydrogens is 220 g/mol. The predicted octanol–water partition coefficient (Wildman–Crippen LogP) is 2.86. The molecule has 18 heavy (non-hydrogen) atoms. The first-order chi connectivity index (χ1) is 8.52. The Morgan fingerprint density at radius 1 is 1.28 bits per heavy atom. The van der Waals surface area contributed by atoms with Crippen LogP contribution in [0, 0.1) is 32.6 Å². The second-order valence-corrected chi connectivity index (χ2v) is 5.98. The summed E-state index contributed by atoms with van der Waals surface area (Å²) in [5.41, 5.74) is 11.4. The molecule has 1 aromatic rings. The Labute approximate surface area is 111 Å². The normalized spacial score (nSPS) is 24.1. The highest BCUT2D eigenvalue weighted by Crippen LogP contribution is 2.37. The van der Waals surface area contributed by atoms with Crippen LogP contribution in [0.3, 0.4) is 0 Å². The van der Waals surface area contributed by atoms with Crippen molar-refractivity contribution in [3.63, 3.8) is 0 Å². The van der Waals surface area contributed by atoms with Gasteiger partial charge in [-0.3, -0.25) is 0 Å². The van der Waals surface area contributed by atoms with E-state index in [1.807, 2.05) is 0 Å². The van der Waals surface area contributed by atoms with Gasteiger partial charge in [-0.1, -0.05) is 24.6 Å². The fraction of sp³-hybridized carbons (Fsp3) is 0.625. The third-order valence-electron chi connectivity index (χ3n) is 4.22. The van der Waals surface area contributed by atoms with Crippen LogP contribution in [0.1, 0.15) is 41.6 Å². The highest BCUT2D eigenvalue weighted by molar-refractivity contribution is 5.39. The molecule has 0 spiro atoms. The molecule has 1 aliphatic rings. The second kappa shape index (κ2) is 5.41. The predicted molar refractivity (Wildman–Crippen MR) is 77.7 cm³/mol. The average Bonchev–Trinajstić information content (AvgIpc) is 2.98. The molecule has 2 heteroatoms. The summed E-state index contributed by atoms with van der Waals surface area (Å²) in [7, 11) is 0. The van der Waals surface area contributed by atoms with E-state index >= 15 is 0 Å². The molecule has 2 rings (SSSR count). The van der Waals surface area contributed by atoms with Crippen molar-refractivity contribution in [2.75, 3.05) is 13.1 Å². The van der Waals surface area contributed by atoms with Crippen molar-refractivity contribution in [1.29, 1.82) is 0 Å². The molecule has 100 valence electrons. The Morgan fingerprint density at radius 2 is 1.83 bits per heavy atom. The molecule has 0 heterocycles. The fourth-order valence-corrected chi connectivity index (χ4v) is 3.02. The summed E-state index contributed by atoms with van der Waals surface area (Å²) in [6.07, 6.45) is 1.37. The monoisotopic (exact) mass is 246 g/mol. The Bertz CT molecular complexity index is 402. The van der Waals surface area contributed by atoms with Crippen molar-refractivity contribution >= 4 is 0 Å². The molecule has 1 fully saturated rings. The standard InChI is InChI=1S/C16H26N2/c1-10-5-12(3)16(13(4)6-10)15(8-17)18-9-14-7-11(14)2/h5-6,11,14-15,18H,7-9,17H2,1-4H3. The van der Waals surface area contributed by atoms with Crippen LogP contribution in [0.5, 0.6) is 0 Å². The molecule has 1 aromatic carbocycles. The van der Waals surface area contributed by atoms with Gasteiger partial charge in [-0.05, 0) is 62.3 Å². The zero-order chi connectivity index (χ0) is 13.3. The lowest BCUT2D eigenvalue weighted by molar-refractivity contribution is 0.508. The van der Waals surface area contributed by atoms with E-state index in [0.717, 1.165) is 18.4 Å². The van der Waals surface area contributed by atoms with E-state index in [-0.39, 0.29) is 0 Å². The molecule has 0 bridgehead atoms. The van der Waals surface area contributed by atoms with E-state index in [2.05, 4.69) is 45.1 Å². The third-order valence-corrected chi connectivity index (χ3v) is 4.22. The van der Waals surface area contributed by atoms with Crippen LogP contribution in [0.15, 0.2) is 12.1 Å². The van der Waals surface area contributed by atoms with E-state index in [1.54, 1.807) is 0 Å². The van der Waals surface area contributed by atoms with Gasteiger partial charge in [0.05, 0.1) is 0 Å². The van der Waals surface area contributed by atoms with Crippen LogP contribution < -0.4 is 11.1 Å². The highest BCUT2D eigenvalue weighted by atomic mass is 14.9. The minimum absolute atomic E-state index is 0.304. The Balaban J connectivity index is 2.11. The zero-order valence-electron chi connectivity index (χ0n) is 12.1. The maximum Gasteiger partial charge on any atom is 0.0449 e. The minimum atomic E-state index is 0.304. The molecule has 0 aromatic heterocycles. The largest absolute Gasteiger partial charge is 0.329 e. The third kappa shape index (κ3) is 2.93. The van der Waals surface area contributed by atoms with Crippen molar-refractivity contribution in [2.24, 2.45) is 17.6 Å². The average molecular weight is 246 g/mol. The van der Waals surface area contributed by atoms with Crippen molar-refractivity contribution in [1.82, 2.24) is 5.32 Å². The lowest BCUT2D eigenvalue weighted by Gasteiger charge is -2.22. The fourth-order valence-electron chi connectivity index (χ4n) is 3.02. The summed E-state index contributed by atoms with van der Waals surface area (Å²) in [6, 6.07) is 4.82. The molecule has 0 saturated heterocycles. The SMILES string of the molecule is Cc1cc(C)c(C(CN)NCC2CC2C)c(C)c1. The highest BCUT2D eigenvalue weighted by Gasteiger charge is 2.32. The van der Waals surface area contributed by atoms with Crippen LogP contribution in [-0.2, 0) is 0 Å². The van der Waals surface area contributed by atoms with Gasteiger partial charge in [-0.25, -0.2) is 0 Å². The quantitative estimate of drug-likeness (QED) is 0.838. The van der Waals surface area contributed by atoms with Crippen LogP contribution in [0.2, 0.25) is 0 Å². The molecule has 0 radical (unpaired) electrons. The summed E-state index contributed by atoms with van der Waals surface area (Å²) in [5, 5.41) is 3.65. The topological polar surface area (TPSA) is 38.0 Å². The van der Waals surface area contributed by atoms with Gasteiger partial charge >= 0.3 is 0 Å². The van der Waals surface area contributed by atoms with Crippen molar-refractivity contribution in [2.45, 2.75) is 40.2 Å². The molecule has 3 atom stereocenters. The van der Waals surface area contributed by atoms with Gasteiger partial charge in [0.1, 0.15) is 0 Å². The van der Waals surface area contributed by atoms with Gasteiger partial charge in [0.2, 0.25) is 0 Å². The Morgan fingerprint density at radius 3 is 2.28 bits per heavy atom. The van der Waals surface area contributed by atoms with E-state index in [1.165, 1.54) is 28.7 Å². The molecule has 3 unspecified atom stereocenters. The summed E-state index contributed by atoms with van der Waals surface area (Å²) < 4.78 is 0. The van der Waals surface area contributed by atoms with E-state index in [0.29, 0.717) is 12.6 Å². The maximum absolute atomic E-state index is 5.96. The molecule has 0 amide bonds. The second-order valence-electron chi connectivity index (χ2n) is 5.98. The number of nitrogens with one attached hydrogen (secondary N) is 1. The number of hydrogen-bond donors (Lipinski definition) is 2. The first-order valence-electron chi connectivity index (χ1n) is 7.04. The van der Waals surface area contributed by atoms with E-state index in [9.17, 15) is 0 Å². The number of benzene rings is 1. The van der Waals surface area contributed by atoms with Crippen LogP contribution in [0.4, 0.5) is 0 Å². The van der Waals surface area contributed by atoms with Crippen LogP contribution >= 0.6 is 0 Å². The molecule has 2 nitrogen and oxygen atoms in total. The zero-order valence-corrected chi connectivity index (χ0v) is 12.1. The number of nitrogens with two attached hydrogens (primary N) is 1. The first-order valence-corrected chi connectivity index (χ1v) is 7.04. The van der Waals surface area contributed by atoms with Crippen molar-refractivity contribution in [3.8, 4) is 0 Å². The van der Waals surface area contributed by atoms with Gasteiger partial charge in [0.25, 0.3) is 0 Å². The lowest BCUT2D eigenvalue weighted by atomic mass is 9.94. The minimum Gasteiger partial charge on any atom is -0.329 e. The van der Waals surface area contributed by atoms with Gasteiger partial charge < -0.3 is 11.1 Å². The number of rotatable bonds is 5. The first kappa shape index (κ1) is 13.6. The van der Waals surface area contributed by atoms with Crippen molar-refractivity contribution in [3.05, 3.63) is 34.4 Å². The number of hydrogen-bond acceptors (Lipinski definition) is 2. The summed E-state index contributed by atoms with van der Waals surface area (Å²) >= 11 is 0. The summed E-state index contributed by atoms with van der Waals surface area (Å²) in [5.74, 6) is 1.77. The van der Waals surface area contributed by atoms with Gasteiger partial charge in [0.15, 0.2) is 0 Å². The van der Waals surface area contributed by atoms with Gasteiger partial charge in [0, 0.05) is 12.6 Å². The van der Waals surface area contributed by atoms with Crippen LogP contribution in [-0.4, -0.2) is 13.1 Å². The molecular formula is C16H26N2.